The van der Waals surface area contributed by atoms with Crippen molar-refractivity contribution in [1.29, 1.82) is 0 Å². The second-order valence-electron chi connectivity index (χ2n) is 4.78. The summed E-state index contributed by atoms with van der Waals surface area (Å²) in [7, 11) is 1.57. The number of anilines is 1. The second-order valence-corrected chi connectivity index (χ2v) is 5.22. The van der Waals surface area contributed by atoms with E-state index < -0.39 is 0 Å². The highest BCUT2D eigenvalue weighted by atomic mass is 35.5. The molecule has 1 aromatic carbocycles. The van der Waals surface area contributed by atoms with Crippen LogP contribution in [0.5, 0.6) is 5.75 Å². The fraction of sp³-hybridized carbons (Fsp3) is 0.125. The lowest BCUT2D eigenvalue weighted by atomic mass is 10.3. The molecule has 0 unspecified atom stereocenters. The number of carbonyl (C=O) groups excluding carboxylic acids is 1. The van der Waals surface area contributed by atoms with Crippen LogP contribution in [0.2, 0.25) is 5.02 Å². The smallest absolute Gasteiger partial charge is 0.274 e. The molecule has 0 radical (unpaired) electrons. The molecule has 0 fully saturated rings. The minimum absolute atomic E-state index is 0.250. The van der Waals surface area contributed by atoms with Crippen LogP contribution in [0.1, 0.15) is 16.2 Å². The number of nitrogens with one attached hydrogen (secondary N) is 1. The lowest BCUT2D eigenvalue weighted by molar-refractivity contribution is 0.102. The Balaban J connectivity index is 2.02. The van der Waals surface area contributed by atoms with Crippen LogP contribution in [-0.2, 0) is 0 Å². The first-order chi connectivity index (χ1) is 10.6. The summed E-state index contributed by atoms with van der Waals surface area (Å²) in [6.07, 6.45) is 1.78. The van der Waals surface area contributed by atoms with Gasteiger partial charge in [-0.3, -0.25) is 9.20 Å². The molecule has 0 aliphatic carbocycles. The van der Waals surface area contributed by atoms with Gasteiger partial charge in [-0.25, -0.2) is 4.98 Å². The minimum Gasteiger partial charge on any atom is -0.493 e. The molecule has 0 atom stereocenters. The number of aromatic nitrogens is 2. The average molecular weight is 316 g/mol. The quantitative estimate of drug-likeness (QED) is 0.804. The number of methoxy groups -OCH3 is 1. The first kappa shape index (κ1) is 14.4. The summed E-state index contributed by atoms with van der Waals surface area (Å²) in [6, 6.07) is 10.6. The fourth-order valence-corrected chi connectivity index (χ4v) is 2.54. The van der Waals surface area contributed by atoms with Crippen LogP contribution in [0, 0.1) is 6.92 Å². The number of amides is 1. The lowest BCUT2D eigenvalue weighted by Gasteiger charge is -2.07. The normalized spacial score (nSPS) is 10.7. The van der Waals surface area contributed by atoms with Crippen molar-refractivity contribution >= 4 is 28.8 Å². The first-order valence-electron chi connectivity index (χ1n) is 6.68. The standard InChI is InChI=1S/C16H14ClN3O2/c1-10-14(16(21)19-12-6-3-5-11(17)9-12)20-8-4-7-13(22-2)15(20)18-10/h3-9H,1-2H3,(H,19,21). The summed E-state index contributed by atoms with van der Waals surface area (Å²) in [5.41, 5.74) is 2.34. The van der Waals surface area contributed by atoms with Crippen LogP contribution in [0.3, 0.4) is 0 Å². The third-order valence-corrected chi connectivity index (χ3v) is 3.54. The highest BCUT2D eigenvalue weighted by Crippen LogP contribution is 2.23. The molecule has 22 heavy (non-hydrogen) atoms. The number of pyridine rings is 1. The number of hydrogen-bond donors (Lipinski definition) is 1. The molecule has 0 saturated heterocycles. The highest BCUT2D eigenvalue weighted by Gasteiger charge is 2.18. The number of benzene rings is 1. The molecular weight excluding hydrogens is 302 g/mol. The van der Waals surface area contributed by atoms with E-state index in [2.05, 4.69) is 10.3 Å². The van der Waals surface area contributed by atoms with Gasteiger partial charge in [-0.05, 0) is 37.3 Å². The topological polar surface area (TPSA) is 55.6 Å². The highest BCUT2D eigenvalue weighted by molar-refractivity contribution is 6.30. The largest absolute Gasteiger partial charge is 0.493 e. The molecule has 2 heterocycles. The Kier molecular flexibility index (Phi) is 3.73. The van der Waals surface area contributed by atoms with Crippen molar-refractivity contribution < 1.29 is 9.53 Å². The number of nitrogens with zero attached hydrogens (tertiary/aromatic N) is 2. The van der Waals surface area contributed by atoms with E-state index in [9.17, 15) is 4.79 Å². The van der Waals surface area contributed by atoms with Gasteiger partial charge in [0.25, 0.3) is 5.91 Å². The Bertz CT molecular complexity index is 858. The Morgan fingerprint density at radius 1 is 1.32 bits per heavy atom. The van der Waals surface area contributed by atoms with Crippen molar-refractivity contribution in [3.05, 3.63) is 59.0 Å². The molecule has 1 N–H and O–H groups in total. The third kappa shape index (κ3) is 2.51. The molecule has 3 aromatic rings. The summed E-state index contributed by atoms with van der Waals surface area (Å²) in [5, 5.41) is 3.39. The molecule has 3 rings (SSSR count). The number of rotatable bonds is 3. The van der Waals surface area contributed by atoms with Gasteiger partial charge in [0, 0.05) is 16.9 Å². The van der Waals surface area contributed by atoms with Gasteiger partial charge in [-0.15, -0.1) is 0 Å². The van der Waals surface area contributed by atoms with E-state index in [0.717, 1.165) is 0 Å². The molecule has 0 aliphatic rings. The lowest BCUT2D eigenvalue weighted by Crippen LogP contribution is -2.15. The van der Waals surface area contributed by atoms with Gasteiger partial charge in [0.2, 0.25) is 0 Å². The average Bonchev–Trinajstić information content (AvgIpc) is 2.83. The zero-order valence-electron chi connectivity index (χ0n) is 12.1. The Morgan fingerprint density at radius 3 is 2.86 bits per heavy atom. The predicted octanol–water partition coefficient (Wildman–Crippen LogP) is 3.56. The maximum Gasteiger partial charge on any atom is 0.274 e. The van der Waals surface area contributed by atoms with Crippen molar-refractivity contribution in [2.75, 3.05) is 12.4 Å². The van der Waals surface area contributed by atoms with E-state index in [1.165, 1.54) is 0 Å². The zero-order valence-corrected chi connectivity index (χ0v) is 12.9. The van der Waals surface area contributed by atoms with Gasteiger partial charge in [0.05, 0.1) is 12.8 Å². The van der Waals surface area contributed by atoms with Gasteiger partial charge in [0.1, 0.15) is 5.69 Å². The maximum atomic E-state index is 12.6. The number of aryl methyl sites for hydroxylation is 1. The van der Waals surface area contributed by atoms with Crippen molar-refractivity contribution in [3.8, 4) is 5.75 Å². The molecule has 5 nitrogen and oxygen atoms in total. The molecule has 1 amide bonds. The van der Waals surface area contributed by atoms with Gasteiger partial charge in [-0.2, -0.15) is 0 Å². The molecule has 112 valence electrons. The van der Waals surface area contributed by atoms with Crippen LogP contribution < -0.4 is 10.1 Å². The second kappa shape index (κ2) is 5.69. The van der Waals surface area contributed by atoms with Crippen LogP contribution in [0.25, 0.3) is 5.65 Å². The number of imidazole rings is 1. The van der Waals surface area contributed by atoms with Gasteiger partial charge >= 0.3 is 0 Å². The van der Waals surface area contributed by atoms with Gasteiger partial charge in [0.15, 0.2) is 11.4 Å². The maximum absolute atomic E-state index is 12.6. The number of ether oxygens (including phenoxy) is 1. The first-order valence-corrected chi connectivity index (χ1v) is 7.06. The molecule has 6 heteroatoms. The van der Waals surface area contributed by atoms with Crippen LogP contribution in [0.4, 0.5) is 5.69 Å². The van der Waals surface area contributed by atoms with E-state index >= 15 is 0 Å². The van der Waals surface area contributed by atoms with Crippen molar-refractivity contribution in [3.63, 3.8) is 0 Å². The number of hydrogen-bond acceptors (Lipinski definition) is 3. The minimum atomic E-state index is -0.250. The van der Waals surface area contributed by atoms with Crippen LogP contribution in [-0.4, -0.2) is 22.4 Å². The molecule has 0 spiro atoms. The van der Waals surface area contributed by atoms with Crippen molar-refractivity contribution in [1.82, 2.24) is 9.38 Å². The zero-order chi connectivity index (χ0) is 15.7. The van der Waals surface area contributed by atoms with Crippen LogP contribution >= 0.6 is 11.6 Å². The number of halogens is 1. The summed E-state index contributed by atoms with van der Waals surface area (Å²) in [5.74, 6) is 0.368. The molecule has 0 saturated carbocycles. The van der Waals surface area contributed by atoms with E-state index in [4.69, 9.17) is 16.3 Å². The monoisotopic (exact) mass is 315 g/mol. The van der Waals surface area contributed by atoms with Gasteiger partial charge < -0.3 is 10.1 Å². The summed E-state index contributed by atoms with van der Waals surface area (Å²) >= 11 is 5.93. The predicted molar refractivity (Wildman–Crippen MR) is 85.9 cm³/mol. The van der Waals surface area contributed by atoms with Crippen LogP contribution in [0.15, 0.2) is 42.6 Å². The number of fused-ring (bicyclic) bond motifs is 1. The summed E-state index contributed by atoms with van der Waals surface area (Å²) in [4.78, 5) is 17.0. The SMILES string of the molecule is COc1cccn2c(C(=O)Nc3cccc(Cl)c3)c(C)nc12. The van der Waals surface area contributed by atoms with E-state index in [0.29, 0.717) is 33.5 Å². The van der Waals surface area contributed by atoms with E-state index in [1.807, 2.05) is 6.07 Å². The van der Waals surface area contributed by atoms with Gasteiger partial charge in [-0.1, -0.05) is 17.7 Å². The van der Waals surface area contributed by atoms with Crippen molar-refractivity contribution in [2.24, 2.45) is 0 Å². The van der Waals surface area contributed by atoms with Crippen molar-refractivity contribution in [2.45, 2.75) is 6.92 Å². The summed E-state index contributed by atoms with van der Waals surface area (Å²) < 4.78 is 6.99. The third-order valence-electron chi connectivity index (χ3n) is 3.31. The molecule has 2 aromatic heterocycles. The molecule has 0 aliphatic heterocycles. The Hall–Kier alpha value is -2.53. The van der Waals surface area contributed by atoms with E-state index in [-0.39, 0.29) is 5.91 Å². The molecular formula is C16H14ClN3O2. The van der Waals surface area contributed by atoms with E-state index in [1.54, 1.807) is 55.0 Å². The fourth-order valence-electron chi connectivity index (χ4n) is 2.35. The Morgan fingerprint density at radius 2 is 2.14 bits per heavy atom. The Labute approximate surface area is 132 Å². The summed E-state index contributed by atoms with van der Waals surface area (Å²) in [6.45, 7) is 1.79. The molecule has 0 bridgehead atoms. The number of carbonyl (C=O) groups is 1.